The van der Waals surface area contributed by atoms with Gasteiger partial charge >= 0.3 is 5.97 Å². The van der Waals surface area contributed by atoms with Gasteiger partial charge in [-0.05, 0) is 0 Å². The molecule has 0 aliphatic carbocycles. The van der Waals surface area contributed by atoms with Crippen LogP contribution in [0.3, 0.4) is 0 Å². The normalized spacial score (nSPS) is 30.8. The Morgan fingerprint density at radius 2 is 2.42 bits per heavy atom. The third kappa shape index (κ3) is 1.50. The van der Waals surface area contributed by atoms with E-state index in [2.05, 4.69) is 9.99 Å². The highest BCUT2D eigenvalue weighted by atomic mass is 35.5. The number of nitrogens with two attached hydrogens (primary N) is 1. The lowest BCUT2D eigenvalue weighted by molar-refractivity contribution is -0.143. The number of halogens is 1. The third-order valence-corrected chi connectivity index (χ3v) is 1.75. The van der Waals surface area contributed by atoms with Crippen LogP contribution in [0.1, 0.15) is 0 Å². The van der Waals surface area contributed by atoms with Gasteiger partial charge in [0.05, 0.1) is 0 Å². The fourth-order valence-electron chi connectivity index (χ4n) is 0.761. The van der Waals surface area contributed by atoms with Crippen LogP contribution in [0.25, 0.3) is 0 Å². The molecule has 0 aromatic carbocycles. The van der Waals surface area contributed by atoms with Crippen LogP contribution in [0.2, 0.25) is 0 Å². The number of aliphatic carboxylic acids is 1. The molecule has 0 radical (unpaired) electrons. The van der Waals surface area contributed by atoms with Crippen LogP contribution in [0.5, 0.6) is 0 Å². The summed E-state index contributed by atoms with van der Waals surface area (Å²) >= 11 is 5.33. The summed E-state index contributed by atoms with van der Waals surface area (Å²) in [5, 5.41) is 20.6. The fraction of sp³-hybridized carbons (Fsp3) is 0.600. The quantitative estimate of drug-likeness (QED) is 0.507. The molecule has 7 heteroatoms. The highest BCUT2D eigenvalue weighted by Gasteiger charge is 2.39. The summed E-state index contributed by atoms with van der Waals surface area (Å²) in [4.78, 5) is 14.8. The van der Waals surface area contributed by atoms with Crippen LogP contribution in [0.4, 0.5) is 0 Å². The van der Waals surface area contributed by atoms with Crippen molar-refractivity contribution in [3.05, 3.63) is 0 Å². The van der Waals surface area contributed by atoms with Crippen LogP contribution in [-0.4, -0.2) is 39.6 Å². The maximum absolute atomic E-state index is 10.3. The fourth-order valence-corrected chi connectivity index (χ4v) is 0.925. The molecule has 0 bridgehead atoms. The first-order valence-corrected chi connectivity index (χ1v) is 3.47. The van der Waals surface area contributed by atoms with Gasteiger partial charge in [0.2, 0.25) is 0 Å². The van der Waals surface area contributed by atoms with Gasteiger partial charge in [-0.3, -0.25) is 4.79 Å². The van der Waals surface area contributed by atoms with E-state index in [-0.39, 0.29) is 5.17 Å². The predicted octanol–water partition coefficient (Wildman–Crippen LogP) is -1.29. The van der Waals surface area contributed by atoms with Crippen molar-refractivity contribution in [2.24, 2.45) is 10.9 Å². The third-order valence-electron chi connectivity index (χ3n) is 1.46. The minimum Gasteiger partial charge on any atom is -0.480 e. The number of carboxylic acids is 1. The highest BCUT2D eigenvalue weighted by molar-refractivity contribution is 6.66. The van der Waals surface area contributed by atoms with E-state index in [0.29, 0.717) is 0 Å². The van der Waals surface area contributed by atoms with E-state index in [9.17, 15) is 4.79 Å². The average molecular weight is 195 g/mol. The summed E-state index contributed by atoms with van der Waals surface area (Å²) < 4.78 is 0. The van der Waals surface area contributed by atoms with E-state index in [4.69, 9.17) is 27.5 Å². The molecule has 0 amide bonds. The number of carbonyl (C=O) groups is 1. The van der Waals surface area contributed by atoms with Gasteiger partial charge in [0.15, 0.2) is 17.4 Å². The zero-order valence-corrected chi connectivity index (χ0v) is 6.60. The number of aliphatic hydroxyl groups is 1. The molecule has 1 aliphatic rings. The van der Waals surface area contributed by atoms with Gasteiger partial charge in [0.25, 0.3) is 0 Å². The van der Waals surface area contributed by atoms with Crippen LogP contribution in [0, 0.1) is 0 Å². The summed E-state index contributed by atoms with van der Waals surface area (Å²) in [6, 6.07) is -1.33. The van der Waals surface area contributed by atoms with Gasteiger partial charge in [-0.15, -0.1) is 0 Å². The lowest BCUT2D eigenvalue weighted by atomic mass is 10.1. The Balaban J connectivity index is 2.63. The lowest BCUT2D eigenvalue weighted by Crippen LogP contribution is -2.48. The molecule has 68 valence electrons. The van der Waals surface area contributed by atoms with Gasteiger partial charge in [-0.2, -0.15) is 0 Å². The number of nitrogens with zero attached hydrogens (tertiary/aromatic N) is 1. The van der Waals surface area contributed by atoms with Crippen LogP contribution >= 0.6 is 11.6 Å². The number of rotatable bonds is 2. The number of hydrogen-bond acceptors (Lipinski definition) is 5. The van der Waals surface area contributed by atoms with Crippen molar-refractivity contribution in [2.75, 3.05) is 0 Å². The zero-order valence-electron chi connectivity index (χ0n) is 5.85. The van der Waals surface area contributed by atoms with Gasteiger partial charge in [-0.1, -0.05) is 16.8 Å². The smallest absolute Gasteiger partial charge is 0.324 e. The Morgan fingerprint density at radius 1 is 1.83 bits per heavy atom. The van der Waals surface area contributed by atoms with Crippen molar-refractivity contribution in [1.29, 1.82) is 0 Å². The van der Waals surface area contributed by atoms with E-state index in [1.807, 2.05) is 0 Å². The average Bonchev–Trinajstić information content (AvgIpc) is 2.32. The zero-order chi connectivity index (χ0) is 9.30. The molecule has 4 N–H and O–H groups in total. The van der Waals surface area contributed by atoms with Crippen molar-refractivity contribution < 1.29 is 19.8 Å². The molecular formula is C5H7ClN2O4. The molecule has 6 nitrogen and oxygen atoms in total. The number of hydrogen-bond donors (Lipinski definition) is 3. The largest absolute Gasteiger partial charge is 0.480 e. The molecule has 1 heterocycles. The van der Waals surface area contributed by atoms with Crippen LogP contribution in [-0.2, 0) is 9.63 Å². The minimum absolute atomic E-state index is 0.184. The van der Waals surface area contributed by atoms with Crippen molar-refractivity contribution in [1.82, 2.24) is 0 Å². The van der Waals surface area contributed by atoms with E-state index >= 15 is 0 Å². The topological polar surface area (TPSA) is 105 Å². The molecule has 0 aromatic heterocycles. The summed E-state index contributed by atoms with van der Waals surface area (Å²) in [5.74, 6) is -1.28. The molecule has 0 unspecified atom stereocenters. The molecule has 1 aliphatic heterocycles. The van der Waals surface area contributed by atoms with Crippen molar-refractivity contribution >= 4 is 22.7 Å². The van der Waals surface area contributed by atoms with E-state index < -0.39 is 24.2 Å². The lowest BCUT2D eigenvalue weighted by Gasteiger charge is -2.15. The second-order valence-corrected chi connectivity index (χ2v) is 2.68. The molecule has 3 atom stereocenters. The van der Waals surface area contributed by atoms with Crippen LogP contribution < -0.4 is 5.73 Å². The summed E-state index contributed by atoms with van der Waals surface area (Å²) in [6.45, 7) is 0. The standard InChI is InChI=1S/C5H7ClN2O4/c6-4-2(9)3(12-8-4)1(7)5(10)11/h1-3,9H,7H2,(H,10,11)/t1-,2+,3+/m0/s1. The monoisotopic (exact) mass is 194 g/mol. The summed E-state index contributed by atoms with van der Waals surface area (Å²) in [5.41, 5.74) is 5.16. The molecular weight excluding hydrogens is 188 g/mol. The Morgan fingerprint density at radius 3 is 2.75 bits per heavy atom. The molecule has 0 aromatic rings. The molecule has 0 saturated heterocycles. The molecule has 1 rings (SSSR count). The first kappa shape index (κ1) is 9.24. The second kappa shape index (κ2) is 3.26. The van der Waals surface area contributed by atoms with Gasteiger partial charge < -0.3 is 20.8 Å². The van der Waals surface area contributed by atoms with Crippen molar-refractivity contribution in [3.8, 4) is 0 Å². The molecule has 0 fully saturated rings. The number of carboxylic acid groups (broad SMARTS) is 1. The van der Waals surface area contributed by atoms with Gasteiger partial charge in [0, 0.05) is 0 Å². The summed E-state index contributed by atoms with van der Waals surface area (Å²) in [7, 11) is 0. The summed E-state index contributed by atoms with van der Waals surface area (Å²) in [6.07, 6.45) is -2.35. The Labute approximate surface area is 72.5 Å². The first-order valence-electron chi connectivity index (χ1n) is 3.09. The minimum atomic E-state index is -1.33. The predicted molar refractivity (Wildman–Crippen MR) is 39.8 cm³/mol. The second-order valence-electron chi connectivity index (χ2n) is 2.29. The highest BCUT2D eigenvalue weighted by Crippen LogP contribution is 2.16. The molecule has 12 heavy (non-hydrogen) atoms. The van der Waals surface area contributed by atoms with Crippen molar-refractivity contribution in [2.45, 2.75) is 18.2 Å². The molecule has 0 spiro atoms. The van der Waals surface area contributed by atoms with E-state index in [1.165, 1.54) is 0 Å². The number of aliphatic hydroxyl groups excluding tert-OH is 1. The Hall–Kier alpha value is -0.850. The maximum atomic E-state index is 10.3. The first-order chi connectivity index (χ1) is 5.54. The van der Waals surface area contributed by atoms with E-state index in [0.717, 1.165) is 0 Å². The SMILES string of the molecule is N[C@H](C(=O)O)[C@H]1ON=C(Cl)[C@@H]1O. The van der Waals surface area contributed by atoms with Crippen molar-refractivity contribution in [3.63, 3.8) is 0 Å². The number of oxime groups is 1. The maximum Gasteiger partial charge on any atom is 0.324 e. The van der Waals surface area contributed by atoms with Gasteiger partial charge in [0.1, 0.15) is 6.04 Å². The van der Waals surface area contributed by atoms with Gasteiger partial charge in [-0.25, -0.2) is 0 Å². The van der Waals surface area contributed by atoms with Crippen LogP contribution in [0.15, 0.2) is 5.16 Å². The Bertz CT molecular complexity index is 231. The molecule has 0 saturated carbocycles. The Kier molecular flexibility index (Phi) is 2.51. The van der Waals surface area contributed by atoms with E-state index in [1.54, 1.807) is 0 Å².